The van der Waals surface area contributed by atoms with Crippen LogP contribution in [-0.4, -0.2) is 66.3 Å². The number of ketones is 1. The highest BCUT2D eigenvalue weighted by Crippen LogP contribution is 2.45. The molecule has 2 aliphatic rings. The largest absolute Gasteiger partial charge is 0.415 e. The fourth-order valence-corrected chi connectivity index (χ4v) is 6.02. The number of likely N-dealkylation sites (tertiary alicyclic amines) is 1. The van der Waals surface area contributed by atoms with E-state index >= 15 is 0 Å². The average molecular weight is 544 g/mol. The number of Topliss-reactive ketones (excluding diaryl/α,β-unsaturated/α-hetero) is 1. The van der Waals surface area contributed by atoms with Gasteiger partial charge in [-0.25, -0.2) is 9.18 Å². The van der Waals surface area contributed by atoms with Crippen molar-refractivity contribution in [3.63, 3.8) is 0 Å². The Morgan fingerprint density at radius 3 is 2.24 bits per heavy atom. The molecular formula is C29H35ClFN3O4. The summed E-state index contributed by atoms with van der Waals surface area (Å²) in [4.78, 5) is 43.8. The predicted molar refractivity (Wildman–Crippen MR) is 144 cm³/mol. The Morgan fingerprint density at radius 2 is 1.66 bits per heavy atom. The normalized spacial score (nSPS) is 23.9. The first-order valence-corrected chi connectivity index (χ1v) is 13.4. The number of carbonyl (C=O) groups excluding carboxylic acids is 3. The summed E-state index contributed by atoms with van der Waals surface area (Å²) >= 11 is 6.17. The van der Waals surface area contributed by atoms with Crippen molar-refractivity contribution in [3.8, 4) is 5.75 Å². The van der Waals surface area contributed by atoms with Gasteiger partial charge in [0.2, 0.25) is 5.91 Å². The van der Waals surface area contributed by atoms with Crippen LogP contribution in [0.15, 0.2) is 48.5 Å². The minimum Gasteiger partial charge on any atom is -0.410 e. The van der Waals surface area contributed by atoms with Gasteiger partial charge in [0.05, 0.1) is 0 Å². The first-order chi connectivity index (χ1) is 18.0. The monoisotopic (exact) mass is 543 g/mol. The zero-order valence-electron chi connectivity index (χ0n) is 22.3. The molecule has 0 spiro atoms. The summed E-state index contributed by atoms with van der Waals surface area (Å²) in [5.74, 6) is -0.672. The van der Waals surface area contributed by atoms with Gasteiger partial charge < -0.3 is 15.0 Å². The molecule has 38 heavy (non-hydrogen) atoms. The van der Waals surface area contributed by atoms with Crippen LogP contribution in [0.5, 0.6) is 5.75 Å². The summed E-state index contributed by atoms with van der Waals surface area (Å²) in [6.07, 6.45) is 0.342. The molecule has 0 radical (unpaired) electrons. The van der Waals surface area contributed by atoms with Gasteiger partial charge in [-0.1, -0.05) is 44.5 Å². The molecule has 2 heterocycles. The van der Waals surface area contributed by atoms with E-state index in [1.807, 2.05) is 37.8 Å². The Balaban J connectivity index is 1.69. The molecule has 204 valence electrons. The predicted octanol–water partition coefficient (Wildman–Crippen LogP) is 4.67. The fourth-order valence-electron chi connectivity index (χ4n) is 5.90. The summed E-state index contributed by atoms with van der Waals surface area (Å²) in [7, 11) is 1.59. The number of piperidine rings is 1. The maximum atomic E-state index is 14.6. The van der Waals surface area contributed by atoms with Crippen LogP contribution in [0.3, 0.4) is 0 Å². The minimum atomic E-state index is -1.27. The number of carbonyl (C=O) groups is 3. The van der Waals surface area contributed by atoms with E-state index in [0.717, 1.165) is 5.56 Å². The Kier molecular flexibility index (Phi) is 8.14. The van der Waals surface area contributed by atoms with Crippen molar-refractivity contribution in [2.24, 2.45) is 11.8 Å². The van der Waals surface area contributed by atoms with E-state index in [0.29, 0.717) is 37.5 Å². The summed E-state index contributed by atoms with van der Waals surface area (Å²) in [5.41, 5.74) is -1.20. The molecule has 2 aromatic carbocycles. The minimum absolute atomic E-state index is 0.0600. The van der Waals surface area contributed by atoms with Crippen molar-refractivity contribution in [2.45, 2.75) is 44.6 Å². The molecule has 2 amide bonds. The number of hydrogen-bond acceptors (Lipinski definition) is 5. The number of amides is 2. The second-order valence-corrected chi connectivity index (χ2v) is 11.2. The second-order valence-electron chi connectivity index (χ2n) is 10.8. The van der Waals surface area contributed by atoms with E-state index in [1.165, 1.54) is 29.2 Å². The molecule has 2 saturated heterocycles. The van der Waals surface area contributed by atoms with Gasteiger partial charge in [0.25, 0.3) is 0 Å². The number of likely N-dealkylation sites (N-methyl/N-ethyl adjacent to an activating group) is 1. The van der Waals surface area contributed by atoms with Crippen LogP contribution in [0.4, 0.5) is 9.18 Å². The third-order valence-corrected chi connectivity index (χ3v) is 8.45. The molecule has 2 aliphatic heterocycles. The lowest BCUT2D eigenvalue weighted by molar-refractivity contribution is -0.142. The molecule has 2 aromatic rings. The third kappa shape index (κ3) is 5.04. The summed E-state index contributed by atoms with van der Waals surface area (Å²) in [5, 5.41) is 3.94. The first kappa shape index (κ1) is 28.0. The number of nitrogens with one attached hydrogen (secondary N) is 1. The zero-order chi connectivity index (χ0) is 27.7. The second kappa shape index (κ2) is 11.0. The highest BCUT2D eigenvalue weighted by Gasteiger charge is 2.62. The highest BCUT2D eigenvalue weighted by molar-refractivity contribution is 6.30. The number of rotatable bonds is 6. The molecule has 2 atom stereocenters. The maximum Gasteiger partial charge on any atom is 0.415 e. The Labute approximate surface area is 228 Å². The quantitative estimate of drug-likeness (QED) is 0.572. The molecule has 0 unspecified atom stereocenters. The molecule has 4 rings (SSSR count). The van der Waals surface area contributed by atoms with Crippen LogP contribution >= 0.6 is 11.6 Å². The van der Waals surface area contributed by atoms with Crippen molar-refractivity contribution in [1.82, 2.24) is 15.1 Å². The van der Waals surface area contributed by atoms with Crippen LogP contribution in [0, 0.1) is 17.7 Å². The maximum absolute atomic E-state index is 14.6. The average Bonchev–Trinajstić information content (AvgIpc) is 3.27. The van der Waals surface area contributed by atoms with Crippen LogP contribution in [0.25, 0.3) is 0 Å². The third-order valence-electron chi connectivity index (χ3n) is 8.20. The molecular weight excluding hydrogens is 509 g/mol. The summed E-state index contributed by atoms with van der Waals surface area (Å²) in [6, 6.07) is 12.5. The smallest absolute Gasteiger partial charge is 0.410 e. The van der Waals surface area contributed by atoms with Crippen molar-refractivity contribution in [2.75, 3.05) is 33.2 Å². The summed E-state index contributed by atoms with van der Waals surface area (Å²) in [6.45, 7) is 7.42. The molecule has 1 N–H and O–H groups in total. The van der Waals surface area contributed by atoms with Crippen LogP contribution in [0.1, 0.15) is 39.2 Å². The van der Waals surface area contributed by atoms with Gasteiger partial charge in [0.1, 0.15) is 17.1 Å². The van der Waals surface area contributed by atoms with E-state index in [-0.39, 0.29) is 35.8 Å². The lowest BCUT2D eigenvalue weighted by atomic mass is 9.63. The van der Waals surface area contributed by atoms with Gasteiger partial charge in [-0.3, -0.25) is 14.5 Å². The van der Waals surface area contributed by atoms with Crippen molar-refractivity contribution >= 4 is 29.4 Å². The van der Waals surface area contributed by atoms with E-state index in [2.05, 4.69) is 5.32 Å². The molecule has 7 nitrogen and oxygen atoms in total. The lowest BCUT2D eigenvalue weighted by Crippen LogP contribution is -2.68. The lowest BCUT2D eigenvalue weighted by Gasteiger charge is -2.49. The van der Waals surface area contributed by atoms with Crippen molar-refractivity contribution in [3.05, 3.63) is 64.9 Å². The van der Waals surface area contributed by atoms with Crippen molar-refractivity contribution in [1.29, 1.82) is 0 Å². The zero-order valence-corrected chi connectivity index (χ0v) is 23.1. The van der Waals surface area contributed by atoms with Gasteiger partial charge in [0.15, 0.2) is 5.78 Å². The number of benzene rings is 2. The van der Waals surface area contributed by atoms with Crippen LogP contribution in [-0.2, 0) is 15.0 Å². The van der Waals surface area contributed by atoms with Gasteiger partial charge in [-0.2, -0.15) is 0 Å². The standard InChI is InChI=1S/C29H35ClFN3O4/c1-19(2)26(36)34-15-13-20(14-16-34)25(35)29(33(4)27(37)38-24-11-9-23(31)10-12-24)18-32-17-28(29,3)21-5-7-22(30)8-6-21/h5-12,19-20,32H,13-18H2,1-4H3/t28-,29-/m0/s1. The van der Waals surface area contributed by atoms with Gasteiger partial charge >= 0.3 is 6.09 Å². The van der Waals surface area contributed by atoms with E-state index in [9.17, 15) is 18.8 Å². The first-order valence-electron chi connectivity index (χ1n) is 13.0. The highest BCUT2D eigenvalue weighted by atomic mass is 35.5. The number of halogens is 2. The number of hydrogen-bond donors (Lipinski definition) is 1. The van der Waals surface area contributed by atoms with Gasteiger partial charge in [0, 0.05) is 55.5 Å². The van der Waals surface area contributed by atoms with Crippen LogP contribution < -0.4 is 10.1 Å². The Hall–Kier alpha value is -2.97. The number of nitrogens with zero attached hydrogens (tertiary/aromatic N) is 2. The molecule has 0 saturated carbocycles. The Morgan fingerprint density at radius 1 is 1.05 bits per heavy atom. The number of ether oxygens (including phenoxy) is 1. The Bertz CT molecular complexity index is 1180. The SMILES string of the molecule is CC(C)C(=O)N1CCC(C(=O)[C@@]2(N(C)C(=O)Oc3ccc(F)cc3)CNC[C@@]2(C)c2ccc(Cl)cc2)CC1. The topological polar surface area (TPSA) is 79.0 Å². The molecule has 0 aliphatic carbocycles. The van der Waals surface area contributed by atoms with Crippen molar-refractivity contribution < 1.29 is 23.5 Å². The molecule has 0 aromatic heterocycles. The van der Waals surface area contributed by atoms with Gasteiger partial charge in [-0.05, 0) is 54.8 Å². The van der Waals surface area contributed by atoms with Gasteiger partial charge in [-0.15, -0.1) is 0 Å². The van der Waals surface area contributed by atoms with E-state index in [1.54, 1.807) is 19.2 Å². The molecule has 0 bridgehead atoms. The molecule has 2 fully saturated rings. The van der Waals surface area contributed by atoms with E-state index < -0.39 is 22.9 Å². The fraction of sp³-hybridized carbons (Fsp3) is 0.483. The summed E-state index contributed by atoms with van der Waals surface area (Å²) < 4.78 is 19.0. The van der Waals surface area contributed by atoms with E-state index in [4.69, 9.17) is 16.3 Å². The molecule has 9 heteroatoms. The van der Waals surface area contributed by atoms with Crippen LogP contribution in [0.2, 0.25) is 5.02 Å².